The molecular formula is C16H16N4O3. The lowest BCUT2D eigenvalue weighted by atomic mass is 10.1. The fourth-order valence-corrected chi connectivity index (χ4v) is 2.92. The maximum absolute atomic E-state index is 13.1. The summed E-state index contributed by atoms with van der Waals surface area (Å²) in [7, 11) is 0. The van der Waals surface area contributed by atoms with Gasteiger partial charge in [-0.15, -0.1) is 10.2 Å². The molecule has 1 amide bonds. The van der Waals surface area contributed by atoms with Crippen LogP contribution in [0.15, 0.2) is 34.9 Å². The van der Waals surface area contributed by atoms with E-state index in [0.29, 0.717) is 37.1 Å². The maximum Gasteiger partial charge on any atom is 0.255 e. The van der Waals surface area contributed by atoms with Gasteiger partial charge in [0, 0.05) is 36.1 Å². The third-order valence-electron chi connectivity index (χ3n) is 4.04. The smallest absolute Gasteiger partial charge is 0.255 e. The minimum absolute atomic E-state index is 0.0562. The van der Waals surface area contributed by atoms with Gasteiger partial charge in [0.1, 0.15) is 6.04 Å². The molecule has 1 atom stereocenters. The molecule has 0 spiro atoms. The SMILES string of the molecule is Cc1nnc([C@@H]2COCCN2C(=O)c2cccc3[nH]ccc23)o1. The minimum atomic E-state index is -0.355. The Labute approximate surface area is 132 Å². The Morgan fingerprint density at radius 1 is 1.35 bits per heavy atom. The van der Waals surface area contributed by atoms with Crippen molar-refractivity contribution in [2.24, 2.45) is 0 Å². The first-order chi connectivity index (χ1) is 11.2. The van der Waals surface area contributed by atoms with Crippen LogP contribution >= 0.6 is 0 Å². The van der Waals surface area contributed by atoms with Crippen LogP contribution < -0.4 is 0 Å². The fraction of sp³-hybridized carbons (Fsp3) is 0.312. The van der Waals surface area contributed by atoms with Gasteiger partial charge in [0.15, 0.2) is 0 Å². The molecule has 7 nitrogen and oxygen atoms in total. The van der Waals surface area contributed by atoms with Gasteiger partial charge < -0.3 is 19.0 Å². The first-order valence-electron chi connectivity index (χ1n) is 7.49. The summed E-state index contributed by atoms with van der Waals surface area (Å²) >= 11 is 0. The van der Waals surface area contributed by atoms with E-state index in [-0.39, 0.29) is 11.9 Å². The zero-order valence-corrected chi connectivity index (χ0v) is 12.7. The number of rotatable bonds is 2. The van der Waals surface area contributed by atoms with Crippen LogP contribution in [0.4, 0.5) is 0 Å². The Bertz CT molecular complexity index is 854. The van der Waals surface area contributed by atoms with E-state index < -0.39 is 0 Å². The predicted molar refractivity (Wildman–Crippen MR) is 81.9 cm³/mol. The molecule has 23 heavy (non-hydrogen) atoms. The van der Waals surface area contributed by atoms with Crippen molar-refractivity contribution >= 4 is 16.8 Å². The second kappa shape index (κ2) is 5.51. The summed E-state index contributed by atoms with van der Waals surface area (Å²) in [4.78, 5) is 17.9. The third-order valence-corrected chi connectivity index (χ3v) is 4.04. The predicted octanol–water partition coefficient (Wildman–Crippen LogP) is 2.07. The topological polar surface area (TPSA) is 84.3 Å². The fourth-order valence-electron chi connectivity index (χ4n) is 2.92. The molecule has 0 saturated carbocycles. The van der Waals surface area contributed by atoms with Crippen LogP contribution in [-0.2, 0) is 4.74 Å². The largest absolute Gasteiger partial charge is 0.423 e. The summed E-state index contributed by atoms with van der Waals surface area (Å²) in [5, 5.41) is 8.81. The molecule has 3 heterocycles. The van der Waals surface area contributed by atoms with Crippen LogP contribution in [-0.4, -0.2) is 45.7 Å². The van der Waals surface area contributed by atoms with Gasteiger partial charge in [-0.1, -0.05) is 6.07 Å². The molecule has 1 fully saturated rings. The Morgan fingerprint density at radius 2 is 2.26 bits per heavy atom. The zero-order chi connectivity index (χ0) is 15.8. The molecule has 118 valence electrons. The Morgan fingerprint density at radius 3 is 3.09 bits per heavy atom. The Balaban J connectivity index is 1.72. The lowest BCUT2D eigenvalue weighted by Crippen LogP contribution is -2.43. The number of morpholine rings is 1. The normalized spacial score (nSPS) is 18.5. The van der Waals surface area contributed by atoms with Gasteiger partial charge in [-0.3, -0.25) is 4.79 Å². The number of aromatic nitrogens is 3. The van der Waals surface area contributed by atoms with Crippen molar-refractivity contribution in [3.8, 4) is 0 Å². The Kier molecular flexibility index (Phi) is 3.34. The van der Waals surface area contributed by atoms with Crippen LogP contribution in [0.3, 0.4) is 0 Å². The molecule has 1 N–H and O–H groups in total. The number of hydrogen-bond acceptors (Lipinski definition) is 5. The van der Waals surface area contributed by atoms with E-state index in [2.05, 4.69) is 15.2 Å². The molecule has 4 rings (SSSR count). The lowest BCUT2D eigenvalue weighted by Gasteiger charge is -2.33. The number of nitrogens with one attached hydrogen (secondary N) is 1. The molecule has 3 aromatic rings. The first-order valence-corrected chi connectivity index (χ1v) is 7.49. The van der Waals surface area contributed by atoms with Gasteiger partial charge in [0.05, 0.1) is 13.2 Å². The molecule has 0 aliphatic carbocycles. The summed E-state index contributed by atoms with van der Waals surface area (Å²) < 4.78 is 11.0. The number of ether oxygens (including phenoxy) is 1. The van der Waals surface area contributed by atoms with Crippen LogP contribution in [0.5, 0.6) is 0 Å². The number of amides is 1. The number of benzene rings is 1. The van der Waals surface area contributed by atoms with Gasteiger partial charge >= 0.3 is 0 Å². The number of carbonyl (C=O) groups is 1. The van der Waals surface area contributed by atoms with Gasteiger partial charge in [-0.2, -0.15) is 0 Å². The number of fused-ring (bicyclic) bond motifs is 1. The van der Waals surface area contributed by atoms with E-state index in [4.69, 9.17) is 9.15 Å². The molecule has 7 heteroatoms. The van der Waals surface area contributed by atoms with Crippen molar-refractivity contribution in [1.82, 2.24) is 20.1 Å². The van der Waals surface area contributed by atoms with Gasteiger partial charge in [-0.05, 0) is 18.2 Å². The highest BCUT2D eigenvalue weighted by molar-refractivity contribution is 6.06. The van der Waals surface area contributed by atoms with E-state index in [0.717, 1.165) is 10.9 Å². The van der Waals surface area contributed by atoms with Crippen molar-refractivity contribution in [3.05, 3.63) is 47.8 Å². The number of hydrogen-bond donors (Lipinski definition) is 1. The van der Waals surface area contributed by atoms with Crippen molar-refractivity contribution in [1.29, 1.82) is 0 Å². The highest BCUT2D eigenvalue weighted by Gasteiger charge is 2.33. The van der Waals surface area contributed by atoms with E-state index in [1.807, 2.05) is 30.5 Å². The second-order valence-corrected chi connectivity index (χ2v) is 5.49. The Hall–Kier alpha value is -2.67. The summed E-state index contributed by atoms with van der Waals surface area (Å²) in [5.74, 6) is 0.835. The lowest BCUT2D eigenvalue weighted by molar-refractivity contribution is -0.0105. The molecule has 0 radical (unpaired) electrons. The van der Waals surface area contributed by atoms with Crippen LogP contribution in [0, 0.1) is 6.92 Å². The quantitative estimate of drug-likeness (QED) is 0.783. The molecule has 1 aliphatic rings. The molecule has 0 bridgehead atoms. The van der Waals surface area contributed by atoms with Crippen LogP contribution in [0.25, 0.3) is 10.9 Å². The molecule has 0 unspecified atom stereocenters. The standard InChI is InChI=1S/C16H16N4O3/c1-10-18-19-15(23-10)14-9-22-8-7-20(14)16(21)12-3-2-4-13-11(12)5-6-17-13/h2-6,14,17H,7-9H2,1H3/t14-/m0/s1. The zero-order valence-electron chi connectivity index (χ0n) is 12.7. The first kappa shape index (κ1) is 14.0. The average molecular weight is 312 g/mol. The van der Waals surface area contributed by atoms with E-state index in [1.165, 1.54) is 0 Å². The van der Waals surface area contributed by atoms with Crippen molar-refractivity contribution in [2.75, 3.05) is 19.8 Å². The molecular weight excluding hydrogens is 296 g/mol. The van der Waals surface area contributed by atoms with Crippen molar-refractivity contribution in [3.63, 3.8) is 0 Å². The summed E-state index contributed by atoms with van der Waals surface area (Å²) in [6.07, 6.45) is 1.83. The van der Waals surface area contributed by atoms with Gasteiger partial charge in [0.25, 0.3) is 5.91 Å². The molecule has 1 saturated heterocycles. The van der Waals surface area contributed by atoms with Crippen molar-refractivity contribution < 1.29 is 13.9 Å². The monoisotopic (exact) mass is 312 g/mol. The number of H-pyrrole nitrogens is 1. The second-order valence-electron chi connectivity index (χ2n) is 5.49. The molecule has 1 aliphatic heterocycles. The number of carbonyl (C=O) groups excluding carboxylic acids is 1. The number of aryl methyl sites for hydroxylation is 1. The molecule has 1 aromatic carbocycles. The summed E-state index contributed by atoms with van der Waals surface area (Å²) in [5.41, 5.74) is 1.60. The summed E-state index contributed by atoms with van der Waals surface area (Å²) in [6, 6.07) is 7.22. The number of aromatic amines is 1. The van der Waals surface area contributed by atoms with Gasteiger partial charge in [0.2, 0.25) is 11.8 Å². The minimum Gasteiger partial charge on any atom is -0.423 e. The van der Waals surface area contributed by atoms with Crippen LogP contribution in [0.1, 0.15) is 28.2 Å². The summed E-state index contributed by atoms with van der Waals surface area (Å²) in [6.45, 7) is 3.08. The van der Waals surface area contributed by atoms with E-state index in [9.17, 15) is 4.79 Å². The van der Waals surface area contributed by atoms with E-state index >= 15 is 0 Å². The molecule has 2 aromatic heterocycles. The third kappa shape index (κ3) is 2.39. The highest BCUT2D eigenvalue weighted by Crippen LogP contribution is 2.27. The van der Waals surface area contributed by atoms with Crippen LogP contribution in [0.2, 0.25) is 0 Å². The average Bonchev–Trinajstić information content (AvgIpc) is 3.22. The van der Waals surface area contributed by atoms with Crippen molar-refractivity contribution in [2.45, 2.75) is 13.0 Å². The number of nitrogens with zero attached hydrogens (tertiary/aromatic N) is 3. The van der Waals surface area contributed by atoms with Gasteiger partial charge in [-0.25, -0.2) is 0 Å². The van der Waals surface area contributed by atoms with E-state index in [1.54, 1.807) is 11.8 Å². The maximum atomic E-state index is 13.1. The highest BCUT2D eigenvalue weighted by atomic mass is 16.5.